The number of carbonyl (C=O) groups excluding carboxylic acids is 1. The Balaban J connectivity index is 2.07. The van der Waals surface area contributed by atoms with Gasteiger partial charge in [0.2, 0.25) is 0 Å². The lowest BCUT2D eigenvalue weighted by molar-refractivity contribution is -0.118. The van der Waals surface area contributed by atoms with Crippen LogP contribution in [-0.4, -0.2) is 37.9 Å². The number of anilines is 1. The minimum Gasteiger partial charge on any atom is -0.493 e. The van der Waals surface area contributed by atoms with Gasteiger partial charge in [-0.1, -0.05) is 33.6 Å². The van der Waals surface area contributed by atoms with Gasteiger partial charge < -0.3 is 25.2 Å². The van der Waals surface area contributed by atoms with Crippen molar-refractivity contribution in [1.29, 1.82) is 0 Å². The molecule has 0 spiro atoms. The van der Waals surface area contributed by atoms with Crippen LogP contribution in [-0.2, 0) is 11.3 Å². The highest BCUT2D eigenvalue weighted by molar-refractivity contribution is 9.10. The minimum absolute atomic E-state index is 0.0384. The van der Waals surface area contributed by atoms with Crippen molar-refractivity contribution in [3.8, 4) is 11.5 Å². The number of hydrogen-bond donors (Lipinski definition) is 3. The van der Waals surface area contributed by atoms with Gasteiger partial charge in [0, 0.05) is 28.8 Å². The molecule has 0 aliphatic rings. The average Bonchev–Trinajstić information content (AvgIpc) is 2.63. The smallest absolute Gasteiger partial charge is 0.262 e. The van der Waals surface area contributed by atoms with E-state index in [2.05, 4.69) is 26.6 Å². The third-order valence-corrected chi connectivity index (χ3v) is 4.40. The standard InChI is InChI=1S/C19H23BrN2O4/c1-13-3-5-14(6-4-13)22-18(24)12-26-19-15(11-21-9-10-23)16(20)7-8-17(19)25-2/h3-8,21,23H,9-12H2,1-2H3,(H,22,24). The summed E-state index contributed by atoms with van der Waals surface area (Å²) in [6, 6.07) is 11.2. The van der Waals surface area contributed by atoms with Gasteiger partial charge in [-0.2, -0.15) is 0 Å². The molecule has 0 unspecified atom stereocenters. The van der Waals surface area contributed by atoms with Crippen LogP contribution in [0.25, 0.3) is 0 Å². The van der Waals surface area contributed by atoms with Crippen LogP contribution in [0.4, 0.5) is 5.69 Å². The zero-order valence-electron chi connectivity index (χ0n) is 14.8. The maximum atomic E-state index is 12.2. The van der Waals surface area contributed by atoms with E-state index in [4.69, 9.17) is 14.6 Å². The molecule has 0 aromatic heterocycles. The molecule has 0 bridgehead atoms. The van der Waals surface area contributed by atoms with Crippen LogP contribution >= 0.6 is 15.9 Å². The molecule has 0 aliphatic carbocycles. The number of aliphatic hydroxyl groups excluding tert-OH is 1. The molecule has 2 aromatic carbocycles. The molecule has 26 heavy (non-hydrogen) atoms. The largest absolute Gasteiger partial charge is 0.493 e. The predicted molar refractivity (Wildman–Crippen MR) is 105 cm³/mol. The molecule has 6 nitrogen and oxygen atoms in total. The van der Waals surface area contributed by atoms with Gasteiger partial charge >= 0.3 is 0 Å². The highest BCUT2D eigenvalue weighted by Gasteiger charge is 2.16. The fourth-order valence-electron chi connectivity index (χ4n) is 2.33. The third-order valence-electron chi connectivity index (χ3n) is 3.66. The second-order valence-electron chi connectivity index (χ2n) is 5.66. The lowest BCUT2D eigenvalue weighted by Crippen LogP contribution is -2.22. The van der Waals surface area contributed by atoms with E-state index in [0.717, 1.165) is 21.3 Å². The van der Waals surface area contributed by atoms with Gasteiger partial charge in [-0.25, -0.2) is 0 Å². The number of hydrogen-bond acceptors (Lipinski definition) is 5. The quantitative estimate of drug-likeness (QED) is 0.541. The molecule has 2 aromatic rings. The van der Waals surface area contributed by atoms with Crippen LogP contribution in [0.3, 0.4) is 0 Å². The molecule has 0 heterocycles. The number of nitrogens with one attached hydrogen (secondary N) is 2. The van der Waals surface area contributed by atoms with Crippen LogP contribution in [0.15, 0.2) is 40.9 Å². The van der Waals surface area contributed by atoms with Gasteiger partial charge in [0.05, 0.1) is 13.7 Å². The first-order chi connectivity index (χ1) is 12.5. The summed E-state index contributed by atoms with van der Waals surface area (Å²) in [5.74, 6) is 0.772. The molecule has 2 rings (SSSR count). The van der Waals surface area contributed by atoms with Gasteiger partial charge in [0.15, 0.2) is 18.1 Å². The highest BCUT2D eigenvalue weighted by Crippen LogP contribution is 2.36. The first-order valence-electron chi connectivity index (χ1n) is 8.21. The summed E-state index contributed by atoms with van der Waals surface area (Å²) in [7, 11) is 1.55. The average molecular weight is 423 g/mol. The molecule has 0 saturated heterocycles. The molecule has 1 amide bonds. The second kappa shape index (κ2) is 10.2. The summed E-state index contributed by atoms with van der Waals surface area (Å²) in [6.07, 6.45) is 0. The van der Waals surface area contributed by atoms with Crippen molar-refractivity contribution in [2.24, 2.45) is 0 Å². The van der Waals surface area contributed by atoms with Crippen molar-refractivity contribution >= 4 is 27.5 Å². The van der Waals surface area contributed by atoms with E-state index in [-0.39, 0.29) is 19.1 Å². The van der Waals surface area contributed by atoms with Crippen molar-refractivity contribution in [3.05, 3.63) is 52.0 Å². The Morgan fingerprint density at radius 2 is 1.92 bits per heavy atom. The summed E-state index contributed by atoms with van der Waals surface area (Å²) < 4.78 is 11.9. The lowest BCUT2D eigenvalue weighted by Gasteiger charge is -2.17. The summed E-state index contributed by atoms with van der Waals surface area (Å²) in [5.41, 5.74) is 2.66. The van der Waals surface area contributed by atoms with Crippen LogP contribution in [0, 0.1) is 6.92 Å². The SMILES string of the molecule is COc1ccc(Br)c(CNCCO)c1OCC(=O)Nc1ccc(C)cc1. The Morgan fingerprint density at radius 3 is 2.58 bits per heavy atom. The fourth-order valence-corrected chi connectivity index (χ4v) is 2.78. The number of methoxy groups -OCH3 is 1. The van der Waals surface area contributed by atoms with E-state index in [0.29, 0.717) is 24.6 Å². The van der Waals surface area contributed by atoms with Crippen LogP contribution in [0.1, 0.15) is 11.1 Å². The van der Waals surface area contributed by atoms with Gasteiger partial charge in [-0.05, 0) is 31.2 Å². The minimum atomic E-state index is -0.259. The maximum Gasteiger partial charge on any atom is 0.262 e. The van der Waals surface area contributed by atoms with E-state index >= 15 is 0 Å². The molecule has 3 N–H and O–H groups in total. The van der Waals surface area contributed by atoms with Gasteiger partial charge in [-0.15, -0.1) is 0 Å². The van der Waals surface area contributed by atoms with Gasteiger partial charge in [0.25, 0.3) is 5.91 Å². The highest BCUT2D eigenvalue weighted by atomic mass is 79.9. The molecular formula is C19H23BrN2O4. The summed E-state index contributed by atoms with van der Waals surface area (Å²) >= 11 is 3.49. The fraction of sp³-hybridized carbons (Fsp3) is 0.316. The molecular weight excluding hydrogens is 400 g/mol. The predicted octanol–water partition coefficient (Wildman–Crippen LogP) is 2.87. The molecule has 7 heteroatoms. The van der Waals surface area contributed by atoms with Crippen molar-refractivity contribution in [3.63, 3.8) is 0 Å². The Kier molecular flexibility index (Phi) is 7.90. The monoisotopic (exact) mass is 422 g/mol. The Bertz CT molecular complexity index is 735. The number of aryl methyl sites for hydroxylation is 1. The molecule has 0 saturated carbocycles. The number of benzene rings is 2. The Morgan fingerprint density at radius 1 is 1.19 bits per heavy atom. The number of ether oxygens (including phenoxy) is 2. The lowest BCUT2D eigenvalue weighted by atomic mass is 10.2. The second-order valence-corrected chi connectivity index (χ2v) is 6.51. The first-order valence-corrected chi connectivity index (χ1v) is 9.00. The van der Waals surface area contributed by atoms with Gasteiger partial charge in [0.1, 0.15) is 0 Å². The van der Waals surface area contributed by atoms with Crippen molar-refractivity contribution in [1.82, 2.24) is 5.32 Å². The van der Waals surface area contributed by atoms with Gasteiger partial charge in [-0.3, -0.25) is 4.79 Å². The maximum absolute atomic E-state index is 12.2. The number of carbonyl (C=O) groups is 1. The van der Waals surface area contributed by atoms with Crippen LogP contribution < -0.4 is 20.1 Å². The molecule has 140 valence electrons. The first kappa shape index (κ1) is 20.2. The number of halogens is 1. The van der Waals surface area contributed by atoms with Crippen LogP contribution in [0.5, 0.6) is 11.5 Å². The number of rotatable bonds is 9. The Hall–Kier alpha value is -2.09. The van der Waals surface area contributed by atoms with E-state index in [1.807, 2.05) is 37.3 Å². The third kappa shape index (κ3) is 5.72. The zero-order valence-corrected chi connectivity index (χ0v) is 16.4. The van der Waals surface area contributed by atoms with Crippen molar-refractivity contribution in [2.45, 2.75) is 13.5 Å². The Labute approximate surface area is 161 Å². The number of amides is 1. The van der Waals surface area contributed by atoms with Crippen molar-refractivity contribution in [2.75, 3.05) is 32.2 Å². The molecule has 0 aliphatic heterocycles. The molecule has 0 atom stereocenters. The van der Waals surface area contributed by atoms with Crippen molar-refractivity contribution < 1.29 is 19.4 Å². The number of aliphatic hydroxyl groups is 1. The zero-order chi connectivity index (χ0) is 18.9. The van der Waals surface area contributed by atoms with E-state index in [9.17, 15) is 4.79 Å². The van der Waals surface area contributed by atoms with E-state index in [1.54, 1.807) is 13.2 Å². The molecule has 0 radical (unpaired) electrons. The van der Waals surface area contributed by atoms with E-state index in [1.165, 1.54) is 0 Å². The summed E-state index contributed by atoms with van der Waals surface area (Å²) in [4.78, 5) is 12.2. The summed E-state index contributed by atoms with van der Waals surface area (Å²) in [5, 5.41) is 14.8. The van der Waals surface area contributed by atoms with Crippen LogP contribution in [0.2, 0.25) is 0 Å². The topological polar surface area (TPSA) is 79.8 Å². The summed E-state index contributed by atoms with van der Waals surface area (Å²) in [6.45, 7) is 2.80. The van der Waals surface area contributed by atoms with E-state index < -0.39 is 0 Å². The molecule has 0 fully saturated rings. The normalized spacial score (nSPS) is 10.5.